The molecule has 0 radical (unpaired) electrons. The van der Waals surface area contributed by atoms with Crippen molar-refractivity contribution in [1.29, 1.82) is 0 Å². The van der Waals surface area contributed by atoms with Crippen LogP contribution in [0.1, 0.15) is 6.42 Å². The summed E-state index contributed by atoms with van der Waals surface area (Å²) in [5.41, 5.74) is 0. The third kappa shape index (κ3) is 3.70. The van der Waals surface area contributed by atoms with Crippen molar-refractivity contribution in [2.75, 3.05) is 32.7 Å². The molecule has 0 spiro atoms. The summed E-state index contributed by atoms with van der Waals surface area (Å²) in [4.78, 5) is 12.7. The van der Waals surface area contributed by atoms with E-state index in [2.05, 4.69) is 10.2 Å². The fourth-order valence-corrected chi connectivity index (χ4v) is 1.27. The lowest BCUT2D eigenvalue weighted by Gasteiger charge is -2.26. The highest BCUT2D eigenvalue weighted by Crippen LogP contribution is 1.96. The maximum absolute atomic E-state index is 10.4. The molecule has 1 N–H and O–H groups in total. The standard InChI is InChI=1S/C7H13ClN2O/c8-7(11)1-4-10-5-2-9-3-6-10/h9H,1-6H2. The lowest BCUT2D eigenvalue weighted by molar-refractivity contribution is -0.112. The number of carbonyl (C=O) groups excluding carboxylic acids is 1. The Morgan fingerprint density at radius 2 is 2.09 bits per heavy atom. The van der Waals surface area contributed by atoms with Crippen LogP contribution in [0.15, 0.2) is 0 Å². The number of nitrogens with one attached hydrogen (secondary N) is 1. The van der Waals surface area contributed by atoms with Crippen LogP contribution in [0.5, 0.6) is 0 Å². The lowest BCUT2D eigenvalue weighted by atomic mass is 10.3. The van der Waals surface area contributed by atoms with Crippen LogP contribution in [0.2, 0.25) is 0 Å². The Morgan fingerprint density at radius 1 is 1.45 bits per heavy atom. The second-order valence-corrected chi connectivity index (χ2v) is 3.12. The molecule has 0 aromatic rings. The smallest absolute Gasteiger partial charge is 0.222 e. The van der Waals surface area contributed by atoms with Crippen molar-refractivity contribution in [2.45, 2.75) is 6.42 Å². The average Bonchev–Trinajstić information content (AvgIpc) is 2.03. The number of hydrogen-bond donors (Lipinski definition) is 1. The lowest BCUT2D eigenvalue weighted by Crippen LogP contribution is -2.43. The zero-order chi connectivity index (χ0) is 8.10. The van der Waals surface area contributed by atoms with E-state index in [1.54, 1.807) is 0 Å². The first-order valence-electron chi connectivity index (χ1n) is 3.90. The summed E-state index contributed by atoms with van der Waals surface area (Å²) in [5.74, 6) is 0. The molecule has 0 aromatic carbocycles. The summed E-state index contributed by atoms with van der Waals surface area (Å²) in [6.45, 7) is 4.92. The number of nitrogens with zero attached hydrogens (tertiary/aromatic N) is 1. The maximum atomic E-state index is 10.4. The van der Waals surface area contributed by atoms with Crippen LogP contribution in [0, 0.1) is 0 Å². The molecule has 1 rings (SSSR count). The zero-order valence-electron chi connectivity index (χ0n) is 6.48. The van der Waals surface area contributed by atoms with Gasteiger partial charge in [-0.05, 0) is 11.6 Å². The fraction of sp³-hybridized carbons (Fsp3) is 0.857. The van der Waals surface area contributed by atoms with Crippen molar-refractivity contribution in [3.63, 3.8) is 0 Å². The molecule has 0 saturated carbocycles. The van der Waals surface area contributed by atoms with E-state index in [1.807, 2.05) is 0 Å². The van der Waals surface area contributed by atoms with Gasteiger partial charge in [0.1, 0.15) is 0 Å². The first-order chi connectivity index (χ1) is 5.29. The summed E-state index contributed by atoms with van der Waals surface area (Å²) in [5, 5.41) is 3.01. The Hall–Kier alpha value is -0.120. The molecular weight excluding hydrogens is 164 g/mol. The Bertz CT molecular complexity index is 134. The number of piperazine rings is 1. The first-order valence-corrected chi connectivity index (χ1v) is 4.28. The fourth-order valence-electron chi connectivity index (χ4n) is 1.18. The van der Waals surface area contributed by atoms with E-state index in [-0.39, 0.29) is 5.24 Å². The molecule has 1 aliphatic rings. The van der Waals surface area contributed by atoms with Gasteiger partial charge in [-0.25, -0.2) is 0 Å². The van der Waals surface area contributed by atoms with Gasteiger partial charge in [-0.1, -0.05) is 0 Å². The SMILES string of the molecule is O=C(Cl)CCN1CCNCC1. The first kappa shape index (κ1) is 8.97. The normalized spacial score (nSPS) is 20.1. The van der Waals surface area contributed by atoms with Gasteiger partial charge in [0.2, 0.25) is 5.24 Å². The molecule has 0 bridgehead atoms. The molecule has 0 aliphatic carbocycles. The van der Waals surface area contributed by atoms with Gasteiger partial charge < -0.3 is 10.2 Å². The van der Waals surface area contributed by atoms with E-state index in [9.17, 15) is 4.79 Å². The van der Waals surface area contributed by atoms with Crippen molar-refractivity contribution in [3.05, 3.63) is 0 Å². The highest BCUT2D eigenvalue weighted by molar-refractivity contribution is 6.63. The summed E-state index contributed by atoms with van der Waals surface area (Å²) in [7, 11) is 0. The molecule has 1 fully saturated rings. The predicted octanol–water partition coefficient (Wildman–Crippen LogP) is 0.0471. The summed E-state index contributed by atoms with van der Waals surface area (Å²) >= 11 is 5.22. The summed E-state index contributed by atoms with van der Waals surface area (Å²) in [6.07, 6.45) is 0.474. The summed E-state index contributed by atoms with van der Waals surface area (Å²) < 4.78 is 0. The molecule has 3 nitrogen and oxygen atoms in total. The Kier molecular flexibility index (Phi) is 3.83. The van der Waals surface area contributed by atoms with Crippen LogP contribution < -0.4 is 5.32 Å². The molecule has 0 amide bonds. The number of carbonyl (C=O) groups is 1. The highest BCUT2D eigenvalue weighted by Gasteiger charge is 2.09. The molecule has 11 heavy (non-hydrogen) atoms. The molecule has 1 heterocycles. The van der Waals surface area contributed by atoms with Gasteiger partial charge in [-0.15, -0.1) is 0 Å². The van der Waals surface area contributed by atoms with Crippen molar-refractivity contribution < 1.29 is 4.79 Å². The Balaban J connectivity index is 2.09. The average molecular weight is 177 g/mol. The minimum absolute atomic E-state index is 0.233. The number of halogens is 1. The van der Waals surface area contributed by atoms with E-state index in [0.717, 1.165) is 32.7 Å². The molecule has 1 aliphatic heterocycles. The zero-order valence-corrected chi connectivity index (χ0v) is 7.23. The van der Waals surface area contributed by atoms with Crippen LogP contribution >= 0.6 is 11.6 Å². The van der Waals surface area contributed by atoms with E-state index >= 15 is 0 Å². The molecule has 4 heteroatoms. The molecule has 1 saturated heterocycles. The second-order valence-electron chi connectivity index (χ2n) is 2.70. The van der Waals surface area contributed by atoms with Gasteiger partial charge in [0, 0.05) is 39.1 Å². The minimum Gasteiger partial charge on any atom is -0.314 e. The van der Waals surface area contributed by atoms with Crippen LogP contribution in [0.4, 0.5) is 0 Å². The predicted molar refractivity (Wildman–Crippen MR) is 44.8 cm³/mol. The monoisotopic (exact) mass is 176 g/mol. The van der Waals surface area contributed by atoms with Crippen LogP contribution in [-0.4, -0.2) is 42.9 Å². The number of rotatable bonds is 3. The van der Waals surface area contributed by atoms with Gasteiger partial charge in [0.05, 0.1) is 0 Å². The van der Waals surface area contributed by atoms with Crippen molar-refractivity contribution in [1.82, 2.24) is 10.2 Å². The molecule has 64 valence electrons. The second kappa shape index (κ2) is 4.70. The highest BCUT2D eigenvalue weighted by atomic mass is 35.5. The molecule has 0 unspecified atom stereocenters. The van der Waals surface area contributed by atoms with E-state index in [0.29, 0.717) is 6.42 Å². The minimum atomic E-state index is -0.233. The van der Waals surface area contributed by atoms with Crippen LogP contribution in [0.3, 0.4) is 0 Å². The van der Waals surface area contributed by atoms with Crippen molar-refractivity contribution in [2.24, 2.45) is 0 Å². The van der Waals surface area contributed by atoms with Gasteiger partial charge >= 0.3 is 0 Å². The quantitative estimate of drug-likeness (QED) is 0.617. The summed E-state index contributed by atoms with van der Waals surface area (Å²) in [6, 6.07) is 0. The van der Waals surface area contributed by atoms with Crippen molar-refractivity contribution in [3.8, 4) is 0 Å². The van der Waals surface area contributed by atoms with Gasteiger partial charge in [-0.2, -0.15) is 0 Å². The van der Waals surface area contributed by atoms with Crippen LogP contribution in [-0.2, 0) is 4.79 Å². The molecule has 0 aromatic heterocycles. The third-order valence-corrected chi connectivity index (χ3v) is 2.02. The van der Waals surface area contributed by atoms with E-state index in [4.69, 9.17) is 11.6 Å². The molecule has 0 atom stereocenters. The Morgan fingerprint density at radius 3 is 2.64 bits per heavy atom. The Labute approximate surface area is 71.7 Å². The number of hydrogen-bond acceptors (Lipinski definition) is 3. The molecular formula is C7H13ClN2O. The largest absolute Gasteiger partial charge is 0.314 e. The topological polar surface area (TPSA) is 32.3 Å². The van der Waals surface area contributed by atoms with Gasteiger partial charge in [0.25, 0.3) is 0 Å². The van der Waals surface area contributed by atoms with Crippen molar-refractivity contribution >= 4 is 16.8 Å². The van der Waals surface area contributed by atoms with E-state index < -0.39 is 0 Å². The van der Waals surface area contributed by atoms with Gasteiger partial charge in [-0.3, -0.25) is 4.79 Å². The van der Waals surface area contributed by atoms with E-state index in [1.165, 1.54) is 0 Å². The van der Waals surface area contributed by atoms with Crippen LogP contribution in [0.25, 0.3) is 0 Å². The van der Waals surface area contributed by atoms with Gasteiger partial charge in [0.15, 0.2) is 0 Å². The third-order valence-electron chi connectivity index (χ3n) is 1.83. The maximum Gasteiger partial charge on any atom is 0.222 e.